The van der Waals surface area contributed by atoms with Gasteiger partial charge in [-0.25, -0.2) is 19.4 Å². The van der Waals surface area contributed by atoms with Gasteiger partial charge in [-0.2, -0.15) is 13.2 Å². The van der Waals surface area contributed by atoms with Crippen LogP contribution in [0.2, 0.25) is 0 Å². The van der Waals surface area contributed by atoms with Crippen molar-refractivity contribution in [3.8, 4) is 11.1 Å². The lowest BCUT2D eigenvalue weighted by Crippen LogP contribution is -2.39. The van der Waals surface area contributed by atoms with Gasteiger partial charge in [0.1, 0.15) is 5.82 Å². The van der Waals surface area contributed by atoms with E-state index in [4.69, 9.17) is 14.9 Å². The molecule has 46 heavy (non-hydrogen) atoms. The van der Waals surface area contributed by atoms with Crippen LogP contribution in [0.25, 0.3) is 22.2 Å². The van der Waals surface area contributed by atoms with E-state index in [1.54, 1.807) is 12.1 Å². The van der Waals surface area contributed by atoms with Crippen LogP contribution in [0.4, 0.5) is 23.7 Å². The third-order valence-corrected chi connectivity index (χ3v) is 7.79. The molecule has 1 saturated carbocycles. The molecule has 1 aliphatic rings. The Hall–Kier alpha value is -4.87. The smallest absolute Gasteiger partial charge is 0.478 e. The maximum atomic E-state index is 12.7. The Bertz CT molecular complexity index is 1660. The van der Waals surface area contributed by atoms with Crippen molar-refractivity contribution in [3.05, 3.63) is 83.7 Å². The highest BCUT2D eigenvalue weighted by molar-refractivity contribution is 5.96. The van der Waals surface area contributed by atoms with Gasteiger partial charge < -0.3 is 25.4 Å². The topological polar surface area (TPSA) is 134 Å². The van der Waals surface area contributed by atoms with Crippen molar-refractivity contribution >= 4 is 34.7 Å². The fourth-order valence-electron chi connectivity index (χ4n) is 5.45. The molecule has 2 amide bonds. The van der Waals surface area contributed by atoms with Crippen LogP contribution in [-0.2, 0) is 17.8 Å². The summed E-state index contributed by atoms with van der Waals surface area (Å²) in [5, 5.41) is 22.8. The van der Waals surface area contributed by atoms with E-state index in [0.29, 0.717) is 17.7 Å². The Morgan fingerprint density at radius 3 is 2.26 bits per heavy atom. The van der Waals surface area contributed by atoms with Crippen LogP contribution >= 0.6 is 0 Å². The highest BCUT2D eigenvalue weighted by atomic mass is 19.4. The van der Waals surface area contributed by atoms with E-state index in [1.165, 1.54) is 19.3 Å². The number of aryl methyl sites for hydroxylation is 1. The summed E-state index contributed by atoms with van der Waals surface area (Å²) < 4.78 is 34.0. The van der Waals surface area contributed by atoms with E-state index in [0.717, 1.165) is 65.8 Å². The minimum absolute atomic E-state index is 0.157. The molecular weight excluding hydrogens is 601 g/mol. The summed E-state index contributed by atoms with van der Waals surface area (Å²) >= 11 is 0. The summed E-state index contributed by atoms with van der Waals surface area (Å²) in [6.45, 7) is 2.81. The number of aliphatic carboxylic acids is 1. The SMILES string of the molecule is CCCCc1nc2ccc(NC(=O)NC3CCCCC3)cc2n1Cc1ccc(-c2ccccc2C(=O)O)cc1.O=C(O)C(F)(F)F. The zero-order valence-electron chi connectivity index (χ0n) is 25.4. The Balaban J connectivity index is 0.000000617. The fourth-order valence-corrected chi connectivity index (χ4v) is 5.45. The second-order valence-electron chi connectivity index (χ2n) is 11.2. The molecule has 1 aliphatic carbocycles. The molecule has 0 bridgehead atoms. The molecule has 3 aromatic carbocycles. The molecule has 4 aromatic rings. The van der Waals surface area contributed by atoms with Crippen LogP contribution in [0.3, 0.4) is 0 Å². The van der Waals surface area contributed by atoms with Crippen LogP contribution in [0.1, 0.15) is 73.6 Å². The summed E-state index contributed by atoms with van der Waals surface area (Å²) in [5.41, 5.74) is 5.60. The molecule has 0 aliphatic heterocycles. The van der Waals surface area contributed by atoms with Crippen molar-refractivity contribution in [2.45, 2.75) is 77.1 Å². The first-order chi connectivity index (χ1) is 22.0. The molecule has 0 unspecified atom stereocenters. The number of nitrogens with zero attached hydrogens (tertiary/aromatic N) is 2. The molecule has 0 radical (unpaired) electrons. The number of benzene rings is 3. The number of carboxylic acids is 2. The highest BCUT2D eigenvalue weighted by Crippen LogP contribution is 2.27. The molecule has 1 heterocycles. The Morgan fingerprint density at radius 1 is 0.957 bits per heavy atom. The van der Waals surface area contributed by atoms with Crippen LogP contribution in [0.5, 0.6) is 0 Å². The monoisotopic (exact) mass is 638 g/mol. The van der Waals surface area contributed by atoms with E-state index < -0.39 is 18.1 Å². The number of rotatable bonds is 9. The number of nitrogens with one attached hydrogen (secondary N) is 2. The van der Waals surface area contributed by atoms with Crippen LogP contribution in [-0.4, -0.2) is 50.0 Å². The van der Waals surface area contributed by atoms with Crippen LogP contribution < -0.4 is 10.6 Å². The van der Waals surface area contributed by atoms with Gasteiger partial charge in [0.2, 0.25) is 0 Å². The number of urea groups is 1. The molecule has 0 spiro atoms. The van der Waals surface area contributed by atoms with Crippen molar-refractivity contribution in [1.29, 1.82) is 0 Å². The molecule has 4 N–H and O–H groups in total. The number of amides is 2. The van der Waals surface area contributed by atoms with E-state index in [9.17, 15) is 27.9 Å². The van der Waals surface area contributed by atoms with E-state index in [-0.39, 0.29) is 12.1 Å². The normalized spacial score (nSPS) is 13.5. The lowest BCUT2D eigenvalue weighted by Gasteiger charge is -2.22. The second-order valence-corrected chi connectivity index (χ2v) is 11.2. The number of unbranched alkanes of at least 4 members (excludes halogenated alkanes) is 1. The van der Waals surface area contributed by atoms with Crippen LogP contribution in [0.15, 0.2) is 66.7 Å². The van der Waals surface area contributed by atoms with Crippen LogP contribution in [0, 0.1) is 0 Å². The van der Waals surface area contributed by atoms with Crippen molar-refractivity contribution in [1.82, 2.24) is 14.9 Å². The molecule has 0 atom stereocenters. The Morgan fingerprint density at radius 2 is 1.63 bits per heavy atom. The predicted octanol–water partition coefficient (Wildman–Crippen LogP) is 7.88. The van der Waals surface area contributed by atoms with Crippen molar-refractivity contribution in [2.75, 3.05) is 5.32 Å². The zero-order valence-corrected chi connectivity index (χ0v) is 25.4. The first-order valence-electron chi connectivity index (χ1n) is 15.2. The maximum absolute atomic E-state index is 12.7. The minimum atomic E-state index is -5.08. The first-order valence-corrected chi connectivity index (χ1v) is 15.2. The van der Waals surface area contributed by atoms with Gasteiger partial charge in [-0.3, -0.25) is 0 Å². The number of anilines is 1. The highest BCUT2D eigenvalue weighted by Gasteiger charge is 2.38. The van der Waals surface area contributed by atoms with Gasteiger partial charge in [-0.1, -0.05) is 75.1 Å². The fraction of sp³-hybridized carbons (Fsp3) is 0.353. The van der Waals surface area contributed by atoms with Gasteiger partial charge in [0.15, 0.2) is 0 Å². The molecule has 12 heteroatoms. The number of hydrogen-bond acceptors (Lipinski definition) is 4. The molecule has 0 saturated heterocycles. The Labute approximate surface area is 264 Å². The number of aromatic carboxylic acids is 1. The largest absolute Gasteiger partial charge is 0.490 e. The van der Waals surface area contributed by atoms with Gasteiger partial charge >= 0.3 is 24.1 Å². The van der Waals surface area contributed by atoms with Gasteiger partial charge in [0, 0.05) is 24.7 Å². The number of aromatic nitrogens is 2. The van der Waals surface area contributed by atoms with Crippen molar-refractivity contribution < 1.29 is 37.8 Å². The summed E-state index contributed by atoms with van der Waals surface area (Å²) in [7, 11) is 0. The van der Waals surface area contributed by atoms with Crippen molar-refractivity contribution in [2.24, 2.45) is 0 Å². The molecule has 5 rings (SSSR count). The van der Waals surface area contributed by atoms with E-state index in [2.05, 4.69) is 22.1 Å². The molecule has 1 fully saturated rings. The quantitative estimate of drug-likeness (QED) is 0.147. The van der Waals surface area contributed by atoms with E-state index in [1.807, 2.05) is 54.6 Å². The average molecular weight is 639 g/mol. The van der Waals surface area contributed by atoms with Gasteiger partial charge in [0.25, 0.3) is 0 Å². The van der Waals surface area contributed by atoms with E-state index >= 15 is 0 Å². The molecule has 244 valence electrons. The predicted molar refractivity (Wildman–Crippen MR) is 169 cm³/mol. The number of fused-ring (bicyclic) bond motifs is 1. The molecule has 9 nitrogen and oxygen atoms in total. The van der Waals surface area contributed by atoms with Gasteiger partial charge in [-0.05, 0) is 60.2 Å². The third-order valence-electron chi connectivity index (χ3n) is 7.79. The molecular formula is C34H37F3N4O5. The van der Waals surface area contributed by atoms with Crippen molar-refractivity contribution in [3.63, 3.8) is 0 Å². The Kier molecular flexibility index (Phi) is 11.4. The number of carbonyl (C=O) groups is 3. The second kappa shape index (κ2) is 15.4. The number of alkyl halides is 3. The van der Waals surface area contributed by atoms with Gasteiger partial charge in [-0.15, -0.1) is 0 Å². The molecule has 1 aromatic heterocycles. The number of halogens is 3. The number of carboxylic acid groups (broad SMARTS) is 2. The standard InChI is InChI=1S/C32H36N4O3.C2HF3O2/c1-2-3-13-30-35-28-19-18-25(34-32(39)33-24-9-5-4-6-10-24)20-29(28)36(30)21-22-14-16-23(17-15-22)26-11-7-8-12-27(26)31(37)38;3-2(4,5)1(6)7/h7-8,11-12,14-20,24H,2-6,9-10,13,21H2,1H3,(H,37,38)(H2,33,34,39);(H,6,7). The number of hydrogen-bond donors (Lipinski definition) is 4. The average Bonchev–Trinajstić information content (AvgIpc) is 3.36. The summed E-state index contributed by atoms with van der Waals surface area (Å²) in [4.78, 5) is 38.2. The zero-order chi connectivity index (χ0) is 33.3. The summed E-state index contributed by atoms with van der Waals surface area (Å²) in [6.07, 6.45) is 3.59. The number of imidazole rings is 1. The third kappa shape index (κ3) is 9.09. The number of carbonyl (C=O) groups excluding carboxylic acids is 1. The lowest BCUT2D eigenvalue weighted by molar-refractivity contribution is -0.192. The summed E-state index contributed by atoms with van der Waals surface area (Å²) in [5.74, 6) is -2.67. The van der Waals surface area contributed by atoms with Gasteiger partial charge in [0.05, 0.1) is 16.6 Å². The summed E-state index contributed by atoms with van der Waals surface area (Å²) in [6, 6.07) is 21.1. The lowest BCUT2D eigenvalue weighted by atomic mass is 9.96. The minimum Gasteiger partial charge on any atom is -0.478 e. The maximum Gasteiger partial charge on any atom is 0.490 e. The first kappa shape index (κ1) is 34.0.